The molecule has 2 aromatic carbocycles. The van der Waals surface area contributed by atoms with Gasteiger partial charge >= 0.3 is 0 Å². The summed E-state index contributed by atoms with van der Waals surface area (Å²) in [5, 5.41) is 3.36. The Bertz CT molecular complexity index is 646. The number of carbonyl (C=O) groups is 1. The Morgan fingerprint density at radius 2 is 2.05 bits per heavy atom. The molecule has 21 heavy (non-hydrogen) atoms. The molecule has 0 saturated carbocycles. The standard InChI is InChI=1S/C16H15ClFNO2/c1-21-15-7-6-11(8-14(15)18)9-16(20)19-10-12-4-2-3-5-13(12)17/h2-8H,9-10H2,1H3,(H,19,20). The zero-order valence-electron chi connectivity index (χ0n) is 11.5. The van der Waals surface area contributed by atoms with E-state index in [0.717, 1.165) is 5.56 Å². The van der Waals surface area contributed by atoms with E-state index in [-0.39, 0.29) is 18.1 Å². The van der Waals surface area contributed by atoms with Crippen molar-refractivity contribution in [2.75, 3.05) is 7.11 Å². The fourth-order valence-corrected chi connectivity index (χ4v) is 2.11. The normalized spacial score (nSPS) is 10.2. The maximum absolute atomic E-state index is 13.5. The molecule has 2 rings (SSSR count). The number of hydrogen-bond acceptors (Lipinski definition) is 2. The number of carbonyl (C=O) groups excluding carboxylic acids is 1. The van der Waals surface area contributed by atoms with Crippen molar-refractivity contribution in [1.29, 1.82) is 0 Å². The van der Waals surface area contributed by atoms with E-state index in [9.17, 15) is 9.18 Å². The summed E-state index contributed by atoms with van der Waals surface area (Å²) in [5.74, 6) is -0.511. The molecule has 0 fully saturated rings. The van der Waals surface area contributed by atoms with E-state index < -0.39 is 5.82 Å². The van der Waals surface area contributed by atoms with Crippen molar-refractivity contribution < 1.29 is 13.9 Å². The summed E-state index contributed by atoms with van der Waals surface area (Å²) in [6, 6.07) is 11.8. The van der Waals surface area contributed by atoms with Gasteiger partial charge < -0.3 is 10.1 Å². The largest absolute Gasteiger partial charge is 0.494 e. The fraction of sp³-hybridized carbons (Fsp3) is 0.188. The first kappa shape index (κ1) is 15.3. The van der Waals surface area contributed by atoms with Gasteiger partial charge in [0.1, 0.15) is 0 Å². The van der Waals surface area contributed by atoms with Crippen molar-refractivity contribution in [2.45, 2.75) is 13.0 Å². The van der Waals surface area contributed by atoms with E-state index in [0.29, 0.717) is 17.1 Å². The van der Waals surface area contributed by atoms with Gasteiger partial charge in [-0.05, 0) is 29.3 Å². The monoisotopic (exact) mass is 307 g/mol. The van der Waals surface area contributed by atoms with Crippen LogP contribution in [0.2, 0.25) is 5.02 Å². The van der Waals surface area contributed by atoms with Gasteiger partial charge in [-0.25, -0.2) is 4.39 Å². The fourth-order valence-electron chi connectivity index (χ4n) is 1.90. The van der Waals surface area contributed by atoms with Crippen LogP contribution in [0.25, 0.3) is 0 Å². The number of nitrogens with one attached hydrogen (secondary N) is 1. The van der Waals surface area contributed by atoms with Crippen molar-refractivity contribution in [3.8, 4) is 5.75 Å². The molecule has 0 aliphatic rings. The summed E-state index contributed by atoms with van der Waals surface area (Å²) < 4.78 is 18.4. The molecule has 3 nitrogen and oxygen atoms in total. The first-order valence-corrected chi connectivity index (χ1v) is 6.80. The van der Waals surface area contributed by atoms with Gasteiger partial charge in [-0.2, -0.15) is 0 Å². The summed E-state index contributed by atoms with van der Waals surface area (Å²) in [4.78, 5) is 11.9. The molecule has 0 atom stereocenters. The van der Waals surface area contributed by atoms with Gasteiger partial charge in [0.15, 0.2) is 11.6 Å². The predicted molar refractivity (Wildman–Crippen MR) is 80.0 cm³/mol. The smallest absolute Gasteiger partial charge is 0.224 e. The summed E-state index contributed by atoms with van der Waals surface area (Å²) in [6.07, 6.45) is 0.103. The highest BCUT2D eigenvalue weighted by molar-refractivity contribution is 6.31. The molecule has 0 unspecified atom stereocenters. The lowest BCUT2D eigenvalue weighted by Crippen LogP contribution is -2.24. The third-order valence-corrected chi connectivity index (χ3v) is 3.38. The van der Waals surface area contributed by atoms with Gasteiger partial charge in [0.25, 0.3) is 0 Å². The number of ether oxygens (including phenoxy) is 1. The lowest BCUT2D eigenvalue weighted by Gasteiger charge is -2.08. The van der Waals surface area contributed by atoms with E-state index >= 15 is 0 Å². The maximum atomic E-state index is 13.5. The average Bonchev–Trinajstić information content (AvgIpc) is 2.46. The molecule has 1 N–H and O–H groups in total. The molecule has 0 saturated heterocycles. The zero-order chi connectivity index (χ0) is 15.2. The number of hydrogen-bond donors (Lipinski definition) is 1. The van der Waals surface area contributed by atoms with Crippen LogP contribution < -0.4 is 10.1 Å². The van der Waals surface area contributed by atoms with E-state index in [1.165, 1.54) is 19.2 Å². The minimum Gasteiger partial charge on any atom is -0.494 e. The van der Waals surface area contributed by atoms with Crippen LogP contribution in [0.15, 0.2) is 42.5 Å². The minimum atomic E-state index is -0.478. The third-order valence-electron chi connectivity index (χ3n) is 3.01. The van der Waals surface area contributed by atoms with Crippen LogP contribution in [0.3, 0.4) is 0 Å². The van der Waals surface area contributed by atoms with Crippen molar-refractivity contribution in [2.24, 2.45) is 0 Å². The molecule has 0 aliphatic heterocycles. The Morgan fingerprint density at radius 3 is 2.71 bits per heavy atom. The number of benzene rings is 2. The van der Waals surface area contributed by atoms with Gasteiger partial charge in [-0.1, -0.05) is 35.9 Å². The number of rotatable bonds is 5. The molecule has 0 heterocycles. The molecule has 110 valence electrons. The Morgan fingerprint density at radius 1 is 1.29 bits per heavy atom. The Balaban J connectivity index is 1.93. The van der Waals surface area contributed by atoms with Crippen molar-refractivity contribution in [1.82, 2.24) is 5.32 Å². The Hall–Kier alpha value is -2.07. The summed E-state index contributed by atoms with van der Waals surface area (Å²) in [7, 11) is 1.40. The molecule has 0 spiro atoms. The molecule has 0 aromatic heterocycles. The van der Waals surface area contributed by atoms with Crippen LogP contribution in [0.5, 0.6) is 5.75 Å². The molecule has 5 heteroatoms. The highest BCUT2D eigenvalue weighted by Gasteiger charge is 2.08. The highest BCUT2D eigenvalue weighted by atomic mass is 35.5. The van der Waals surface area contributed by atoms with E-state index in [1.54, 1.807) is 12.1 Å². The Labute approximate surface area is 127 Å². The zero-order valence-corrected chi connectivity index (χ0v) is 12.3. The number of methoxy groups -OCH3 is 1. The van der Waals surface area contributed by atoms with Gasteiger partial charge in [0.2, 0.25) is 5.91 Å². The topological polar surface area (TPSA) is 38.3 Å². The molecular formula is C16H15ClFNO2. The van der Waals surface area contributed by atoms with Gasteiger partial charge in [0, 0.05) is 11.6 Å². The average molecular weight is 308 g/mol. The molecule has 1 amide bonds. The van der Waals surface area contributed by atoms with Crippen LogP contribution in [0.4, 0.5) is 4.39 Å². The second-order valence-electron chi connectivity index (χ2n) is 4.51. The molecule has 0 bridgehead atoms. The van der Waals surface area contributed by atoms with Crippen molar-refractivity contribution in [3.63, 3.8) is 0 Å². The summed E-state index contributed by atoms with van der Waals surface area (Å²) >= 11 is 6.01. The number of halogens is 2. The maximum Gasteiger partial charge on any atom is 0.224 e. The lowest BCUT2D eigenvalue weighted by molar-refractivity contribution is -0.120. The summed E-state index contributed by atoms with van der Waals surface area (Å²) in [5.41, 5.74) is 1.43. The quantitative estimate of drug-likeness (QED) is 0.920. The van der Waals surface area contributed by atoms with Crippen LogP contribution in [0, 0.1) is 5.82 Å². The van der Waals surface area contributed by atoms with E-state index in [1.807, 2.05) is 18.2 Å². The first-order chi connectivity index (χ1) is 10.1. The van der Waals surface area contributed by atoms with E-state index in [4.69, 9.17) is 16.3 Å². The first-order valence-electron chi connectivity index (χ1n) is 6.42. The van der Waals surface area contributed by atoms with E-state index in [2.05, 4.69) is 5.32 Å². The highest BCUT2D eigenvalue weighted by Crippen LogP contribution is 2.18. The van der Waals surface area contributed by atoms with Gasteiger partial charge in [-0.3, -0.25) is 4.79 Å². The summed E-state index contributed by atoms with van der Waals surface area (Å²) in [6.45, 7) is 0.344. The Kier molecular flexibility index (Phi) is 5.17. The van der Waals surface area contributed by atoms with Crippen LogP contribution in [-0.4, -0.2) is 13.0 Å². The molecule has 0 radical (unpaired) electrons. The molecule has 0 aliphatic carbocycles. The SMILES string of the molecule is COc1ccc(CC(=O)NCc2ccccc2Cl)cc1F. The van der Waals surface area contributed by atoms with Crippen molar-refractivity contribution >= 4 is 17.5 Å². The second-order valence-corrected chi connectivity index (χ2v) is 4.92. The second kappa shape index (κ2) is 7.09. The number of amides is 1. The van der Waals surface area contributed by atoms with Crippen LogP contribution in [0.1, 0.15) is 11.1 Å². The molecular weight excluding hydrogens is 293 g/mol. The predicted octanol–water partition coefficient (Wildman–Crippen LogP) is 3.35. The van der Waals surface area contributed by atoms with Crippen LogP contribution >= 0.6 is 11.6 Å². The third kappa shape index (κ3) is 4.20. The minimum absolute atomic E-state index is 0.103. The molecule has 2 aromatic rings. The van der Waals surface area contributed by atoms with Crippen LogP contribution in [-0.2, 0) is 17.8 Å². The van der Waals surface area contributed by atoms with Gasteiger partial charge in [-0.15, -0.1) is 0 Å². The lowest BCUT2D eigenvalue weighted by atomic mass is 10.1. The van der Waals surface area contributed by atoms with Gasteiger partial charge in [0.05, 0.1) is 13.5 Å². The van der Waals surface area contributed by atoms with Crippen molar-refractivity contribution in [3.05, 3.63) is 64.4 Å².